The Labute approximate surface area is 271 Å². The Morgan fingerprint density at radius 1 is 0.848 bits per heavy atom. The van der Waals surface area contributed by atoms with Crippen LogP contribution in [0.1, 0.15) is 18.9 Å². The molecule has 1 saturated heterocycles. The number of benzene rings is 4. The molecule has 2 heterocycles. The first kappa shape index (κ1) is 32.0. The third kappa shape index (κ3) is 7.22. The Bertz CT molecular complexity index is 1690. The molecule has 0 aromatic heterocycles. The molecule has 11 heteroatoms. The zero-order chi connectivity index (χ0) is 32.3. The van der Waals surface area contributed by atoms with E-state index in [9.17, 15) is 18.0 Å². The lowest BCUT2D eigenvalue weighted by atomic mass is 10.1. The topological polar surface area (TPSA) is 71.3 Å². The van der Waals surface area contributed by atoms with Gasteiger partial charge in [-0.3, -0.25) is 4.90 Å². The number of fused-ring (bicyclic) bond motifs is 3. The highest BCUT2D eigenvalue weighted by molar-refractivity contribution is 7.99. The first-order chi connectivity index (χ1) is 22.2. The van der Waals surface area contributed by atoms with Gasteiger partial charge in [0.2, 0.25) is 0 Å². The van der Waals surface area contributed by atoms with Crippen molar-refractivity contribution < 1.29 is 27.4 Å². The number of nitrogen functional groups attached to an aromatic ring is 1. The van der Waals surface area contributed by atoms with Gasteiger partial charge in [-0.1, -0.05) is 48.2 Å². The summed E-state index contributed by atoms with van der Waals surface area (Å²) in [4.78, 5) is 21.2. The first-order valence-electron chi connectivity index (χ1n) is 15.5. The van der Waals surface area contributed by atoms with Gasteiger partial charge in [0, 0.05) is 65.5 Å². The standard InChI is InChI=1S/C35H37F3N4O3S/c1-24(45-31-13-12-28(39)26-7-2-3-8-27(26)31)34(43)44-22-21-41-19-17-40(18-20-41)15-6-16-42-29-9-4-5-10-32(29)46-33-14-11-25(23-30(33)42)35(36,37)38/h2-5,7-14,23-24H,6,15-22,39H2,1H3. The van der Waals surface area contributed by atoms with Gasteiger partial charge in [0.15, 0.2) is 6.10 Å². The number of halogens is 3. The number of anilines is 3. The molecule has 7 nitrogen and oxygen atoms in total. The Balaban J connectivity index is 0.951. The van der Waals surface area contributed by atoms with Gasteiger partial charge >= 0.3 is 12.1 Å². The quantitative estimate of drug-likeness (QED) is 0.145. The van der Waals surface area contributed by atoms with Gasteiger partial charge in [-0.25, -0.2) is 4.79 Å². The average Bonchev–Trinajstić information content (AvgIpc) is 3.05. The number of piperazine rings is 1. The van der Waals surface area contributed by atoms with Crippen LogP contribution in [-0.2, 0) is 15.7 Å². The van der Waals surface area contributed by atoms with Crippen LogP contribution in [0, 0.1) is 0 Å². The van der Waals surface area contributed by atoms with Crippen molar-refractivity contribution in [2.45, 2.75) is 35.4 Å². The van der Waals surface area contributed by atoms with E-state index in [1.54, 1.807) is 25.1 Å². The van der Waals surface area contributed by atoms with E-state index in [4.69, 9.17) is 15.2 Å². The Kier molecular flexibility index (Phi) is 9.62. The van der Waals surface area contributed by atoms with Crippen LogP contribution < -0.4 is 15.4 Å². The lowest BCUT2D eigenvalue weighted by Gasteiger charge is -2.36. The lowest BCUT2D eigenvalue weighted by molar-refractivity contribution is -0.151. The number of rotatable bonds is 10. The molecule has 0 saturated carbocycles. The molecule has 0 aliphatic carbocycles. The van der Waals surface area contributed by atoms with Gasteiger partial charge in [-0.2, -0.15) is 13.2 Å². The van der Waals surface area contributed by atoms with Crippen LogP contribution in [0.2, 0.25) is 0 Å². The number of alkyl halides is 3. The Morgan fingerprint density at radius 2 is 1.52 bits per heavy atom. The van der Waals surface area contributed by atoms with Crippen molar-refractivity contribution in [1.82, 2.24) is 9.80 Å². The summed E-state index contributed by atoms with van der Waals surface area (Å²) in [7, 11) is 0. The number of hydrogen-bond acceptors (Lipinski definition) is 8. The molecule has 242 valence electrons. The van der Waals surface area contributed by atoms with E-state index in [2.05, 4.69) is 9.80 Å². The first-order valence-corrected chi connectivity index (χ1v) is 16.3. The van der Waals surface area contributed by atoms with Crippen molar-refractivity contribution in [1.29, 1.82) is 0 Å². The summed E-state index contributed by atoms with van der Waals surface area (Å²) in [6.45, 7) is 7.51. The summed E-state index contributed by atoms with van der Waals surface area (Å²) in [5.41, 5.74) is 7.65. The summed E-state index contributed by atoms with van der Waals surface area (Å²) in [6.07, 6.45) is -4.34. The molecule has 2 aliphatic rings. The fourth-order valence-corrected chi connectivity index (χ4v) is 7.04. The predicted molar refractivity (Wildman–Crippen MR) is 176 cm³/mol. The molecule has 0 radical (unpaired) electrons. The molecule has 1 unspecified atom stereocenters. The minimum Gasteiger partial charge on any atom is -0.478 e. The fourth-order valence-electron chi connectivity index (χ4n) is 5.96. The van der Waals surface area contributed by atoms with Crippen molar-refractivity contribution in [2.75, 3.05) is 63.1 Å². The molecule has 0 amide bonds. The lowest BCUT2D eigenvalue weighted by Crippen LogP contribution is -2.48. The van der Waals surface area contributed by atoms with Crippen molar-refractivity contribution in [2.24, 2.45) is 0 Å². The van der Waals surface area contributed by atoms with Crippen LogP contribution in [0.5, 0.6) is 5.75 Å². The molecule has 0 spiro atoms. The Hall–Kier alpha value is -3.93. The van der Waals surface area contributed by atoms with E-state index in [0.717, 1.165) is 71.5 Å². The van der Waals surface area contributed by atoms with Crippen molar-refractivity contribution in [3.05, 3.63) is 84.4 Å². The number of esters is 1. The average molecular weight is 651 g/mol. The molecular weight excluding hydrogens is 613 g/mol. The van der Waals surface area contributed by atoms with E-state index in [0.29, 0.717) is 30.2 Å². The summed E-state index contributed by atoms with van der Waals surface area (Å²) in [5.74, 6) is 0.171. The van der Waals surface area contributed by atoms with E-state index < -0.39 is 23.8 Å². The van der Waals surface area contributed by atoms with Crippen molar-refractivity contribution in [3.8, 4) is 5.75 Å². The molecule has 4 aromatic rings. The fraction of sp³-hybridized carbons (Fsp3) is 0.343. The van der Waals surface area contributed by atoms with Gasteiger partial charge in [-0.05, 0) is 62.4 Å². The van der Waals surface area contributed by atoms with E-state index >= 15 is 0 Å². The van der Waals surface area contributed by atoms with Gasteiger partial charge < -0.3 is 25.0 Å². The SMILES string of the molecule is CC(Oc1ccc(N)c2ccccc12)C(=O)OCCN1CCN(CCCN2c3ccccc3Sc3ccc(C(F)(F)F)cc32)CC1. The number of hydrogen-bond donors (Lipinski definition) is 1. The number of carbonyl (C=O) groups is 1. The zero-order valence-electron chi connectivity index (χ0n) is 25.6. The van der Waals surface area contributed by atoms with Crippen molar-refractivity contribution in [3.63, 3.8) is 0 Å². The zero-order valence-corrected chi connectivity index (χ0v) is 26.4. The van der Waals surface area contributed by atoms with E-state index in [-0.39, 0.29) is 6.61 Å². The molecule has 2 aliphatic heterocycles. The second kappa shape index (κ2) is 13.8. The third-order valence-corrected chi connectivity index (χ3v) is 9.61. The molecule has 2 N–H and O–H groups in total. The number of para-hydroxylation sites is 1. The minimum atomic E-state index is -4.39. The van der Waals surface area contributed by atoms with Crippen LogP contribution in [0.4, 0.5) is 30.2 Å². The normalized spacial score (nSPS) is 16.1. The predicted octanol–water partition coefficient (Wildman–Crippen LogP) is 7.06. The number of carbonyl (C=O) groups excluding carboxylic acids is 1. The highest BCUT2D eigenvalue weighted by atomic mass is 32.2. The van der Waals surface area contributed by atoms with E-state index in [1.165, 1.54) is 17.8 Å². The minimum absolute atomic E-state index is 0.278. The van der Waals surface area contributed by atoms with Crippen LogP contribution in [0.15, 0.2) is 88.7 Å². The highest BCUT2D eigenvalue weighted by Crippen LogP contribution is 2.49. The maximum atomic E-state index is 13.5. The van der Waals surface area contributed by atoms with Crippen LogP contribution >= 0.6 is 11.8 Å². The largest absolute Gasteiger partial charge is 0.478 e. The van der Waals surface area contributed by atoms with E-state index in [1.807, 2.05) is 53.4 Å². The monoisotopic (exact) mass is 650 g/mol. The molecule has 6 rings (SSSR count). The molecule has 1 fully saturated rings. The van der Waals surface area contributed by atoms with Crippen LogP contribution in [0.25, 0.3) is 10.8 Å². The summed E-state index contributed by atoms with van der Waals surface area (Å²) >= 11 is 1.51. The third-order valence-electron chi connectivity index (χ3n) is 8.48. The van der Waals surface area contributed by atoms with Gasteiger partial charge in [-0.15, -0.1) is 0 Å². The molecule has 46 heavy (non-hydrogen) atoms. The Morgan fingerprint density at radius 3 is 2.28 bits per heavy atom. The molecule has 1 atom stereocenters. The van der Waals surface area contributed by atoms with Gasteiger partial charge in [0.25, 0.3) is 0 Å². The molecular formula is C35H37F3N4O3S. The maximum absolute atomic E-state index is 13.5. The number of ether oxygens (including phenoxy) is 2. The van der Waals surface area contributed by atoms with Crippen LogP contribution in [-0.4, -0.2) is 74.3 Å². The number of nitrogens with zero attached hydrogens (tertiary/aromatic N) is 3. The second-order valence-corrected chi connectivity index (χ2v) is 12.6. The van der Waals surface area contributed by atoms with Gasteiger partial charge in [0.05, 0.1) is 16.9 Å². The summed E-state index contributed by atoms with van der Waals surface area (Å²) in [5, 5.41) is 1.72. The molecule has 4 aromatic carbocycles. The second-order valence-electron chi connectivity index (χ2n) is 11.6. The smallest absolute Gasteiger partial charge is 0.416 e. The maximum Gasteiger partial charge on any atom is 0.416 e. The summed E-state index contributed by atoms with van der Waals surface area (Å²) < 4.78 is 52.1. The summed E-state index contributed by atoms with van der Waals surface area (Å²) in [6, 6.07) is 23.1. The highest BCUT2D eigenvalue weighted by Gasteiger charge is 2.33. The molecule has 0 bridgehead atoms. The number of nitrogens with two attached hydrogens (primary N) is 1. The van der Waals surface area contributed by atoms with Crippen LogP contribution in [0.3, 0.4) is 0 Å². The van der Waals surface area contributed by atoms with Crippen molar-refractivity contribution >= 4 is 45.6 Å². The van der Waals surface area contributed by atoms with Gasteiger partial charge in [0.1, 0.15) is 12.4 Å².